The molecule has 3 aromatic heterocycles. The third-order valence-corrected chi connectivity index (χ3v) is 8.64. The topological polar surface area (TPSA) is 148 Å². The SMILES string of the molecule is COC(=O)N(C)CCOc1cc(Cl)sc1C(=O)N[C@@H]1CCCN(c2cc(C3=CCN(C(C)=O)C3)n3ncnc(N)c23)C1. The molecule has 3 N–H and O–H groups in total. The van der Waals surface area contributed by atoms with Crippen molar-refractivity contribution in [2.75, 3.05) is 64.1 Å². The minimum absolute atomic E-state index is 0.0141. The minimum atomic E-state index is -0.476. The first-order valence-electron chi connectivity index (χ1n) is 13.5. The van der Waals surface area contributed by atoms with Crippen molar-refractivity contribution in [3.63, 3.8) is 0 Å². The molecule has 0 spiro atoms. The van der Waals surface area contributed by atoms with Gasteiger partial charge in [-0.3, -0.25) is 9.59 Å². The number of carbonyl (C=O) groups excluding carboxylic acids is 3. The molecule has 224 valence electrons. The van der Waals surface area contributed by atoms with E-state index in [1.54, 1.807) is 29.5 Å². The van der Waals surface area contributed by atoms with Gasteiger partial charge in [0, 0.05) is 52.3 Å². The Morgan fingerprint density at radius 2 is 2.12 bits per heavy atom. The Balaban J connectivity index is 1.30. The number of fused-ring (bicyclic) bond motifs is 1. The van der Waals surface area contributed by atoms with E-state index >= 15 is 0 Å². The maximum absolute atomic E-state index is 13.3. The number of thiophene rings is 1. The summed E-state index contributed by atoms with van der Waals surface area (Å²) in [5, 5.41) is 7.61. The van der Waals surface area contributed by atoms with Crippen molar-refractivity contribution in [3.05, 3.63) is 39.4 Å². The number of hydrogen-bond acceptors (Lipinski definition) is 10. The average Bonchev–Trinajstić information content (AvgIpc) is 3.70. The van der Waals surface area contributed by atoms with E-state index in [1.165, 1.54) is 18.3 Å². The highest BCUT2D eigenvalue weighted by molar-refractivity contribution is 7.18. The van der Waals surface area contributed by atoms with E-state index in [1.807, 2.05) is 12.1 Å². The zero-order valence-electron chi connectivity index (χ0n) is 23.6. The molecule has 2 aliphatic rings. The van der Waals surface area contributed by atoms with Crippen LogP contribution in [0.1, 0.15) is 35.1 Å². The van der Waals surface area contributed by atoms with Gasteiger partial charge in [0.05, 0.1) is 29.4 Å². The number of methoxy groups -OCH3 is 1. The van der Waals surface area contributed by atoms with E-state index in [9.17, 15) is 14.4 Å². The number of nitrogens with zero attached hydrogens (tertiary/aromatic N) is 6. The molecular formula is C27H33ClN8O5S. The second-order valence-corrected chi connectivity index (χ2v) is 11.9. The fourth-order valence-electron chi connectivity index (χ4n) is 5.21. The smallest absolute Gasteiger partial charge is 0.409 e. The molecule has 1 atom stereocenters. The van der Waals surface area contributed by atoms with Gasteiger partial charge in [-0.1, -0.05) is 17.7 Å². The quantitative estimate of drug-likeness (QED) is 0.390. The molecule has 0 bridgehead atoms. The highest BCUT2D eigenvalue weighted by Gasteiger charge is 2.29. The van der Waals surface area contributed by atoms with E-state index in [-0.39, 0.29) is 31.0 Å². The zero-order valence-corrected chi connectivity index (χ0v) is 25.2. The number of carbonyl (C=O) groups is 3. The number of nitrogens with two attached hydrogens (primary N) is 1. The predicted molar refractivity (Wildman–Crippen MR) is 160 cm³/mol. The van der Waals surface area contributed by atoms with Gasteiger partial charge in [-0.15, -0.1) is 11.3 Å². The van der Waals surface area contributed by atoms with Crippen LogP contribution in [0.2, 0.25) is 4.34 Å². The number of amides is 3. The van der Waals surface area contributed by atoms with Crippen LogP contribution in [0.25, 0.3) is 11.1 Å². The molecule has 0 aromatic carbocycles. The second kappa shape index (κ2) is 12.4. The van der Waals surface area contributed by atoms with Crippen molar-refractivity contribution in [1.82, 2.24) is 29.7 Å². The summed E-state index contributed by atoms with van der Waals surface area (Å²) < 4.78 is 12.7. The maximum Gasteiger partial charge on any atom is 0.409 e. The van der Waals surface area contributed by atoms with E-state index in [4.69, 9.17) is 22.1 Å². The second-order valence-electron chi connectivity index (χ2n) is 10.2. The number of likely N-dealkylation sites (N-methyl/N-ethyl adjacent to an activating group) is 1. The summed E-state index contributed by atoms with van der Waals surface area (Å²) in [6.07, 6.45) is 4.62. The highest BCUT2D eigenvalue weighted by atomic mass is 35.5. The van der Waals surface area contributed by atoms with Crippen molar-refractivity contribution < 1.29 is 23.9 Å². The molecule has 13 nitrogen and oxygen atoms in total. The molecule has 42 heavy (non-hydrogen) atoms. The van der Waals surface area contributed by atoms with Gasteiger partial charge in [0.15, 0.2) is 5.82 Å². The average molecular weight is 617 g/mol. The molecule has 5 rings (SSSR count). The van der Waals surface area contributed by atoms with Crippen LogP contribution in [0.4, 0.5) is 16.3 Å². The molecule has 1 fully saturated rings. The minimum Gasteiger partial charge on any atom is -0.490 e. The van der Waals surface area contributed by atoms with E-state index < -0.39 is 6.09 Å². The summed E-state index contributed by atoms with van der Waals surface area (Å²) in [6.45, 7) is 4.38. The van der Waals surface area contributed by atoms with Crippen molar-refractivity contribution in [2.45, 2.75) is 25.8 Å². The molecule has 5 heterocycles. The molecule has 3 aromatic rings. The molecule has 3 amide bonds. The fraction of sp³-hybridized carbons (Fsp3) is 0.444. The molecule has 1 saturated heterocycles. The van der Waals surface area contributed by atoms with Gasteiger partial charge in [-0.05, 0) is 24.5 Å². The predicted octanol–water partition coefficient (Wildman–Crippen LogP) is 2.75. The number of aromatic nitrogens is 3. The summed E-state index contributed by atoms with van der Waals surface area (Å²) in [4.78, 5) is 46.8. The van der Waals surface area contributed by atoms with E-state index in [2.05, 4.69) is 25.0 Å². The number of hydrogen-bond donors (Lipinski definition) is 2. The highest BCUT2D eigenvalue weighted by Crippen LogP contribution is 2.36. The first-order chi connectivity index (χ1) is 20.2. The summed E-state index contributed by atoms with van der Waals surface area (Å²) in [6, 6.07) is 3.50. The first-order valence-corrected chi connectivity index (χ1v) is 14.7. The molecule has 0 unspecified atom stereocenters. The Labute approximate surface area is 251 Å². The summed E-state index contributed by atoms with van der Waals surface area (Å²) in [5.41, 5.74) is 9.76. The van der Waals surface area contributed by atoms with Crippen molar-refractivity contribution in [3.8, 4) is 5.75 Å². The number of piperidine rings is 1. The Kier molecular flexibility index (Phi) is 8.73. The van der Waals surface area contributed by atoms with Crippen LogP contribution in [0.15, 0.2) is 24.5 Å². The number of halogens is 1. The van der Waals surface area contributed by atoms with Crippen LogP contribution >= 0.6 is 22.9 Å². The molecule has 0 radical (unpaired) electrons. The van der Waals surface area contributed by atoms with Gasteiger partial charge in [0.25, 0.3) is 5.91 Å². The molecule has 0 saturated carbocycles. The van der Waals surface area contributed by atoms with Gasteiger partial charge >= 0.3 is 6.09 Å². The van der Waals surface area contributed by atoms with Crippen LogP contribution < -0.4 is 20.7 Å². The molecular weight excluding hydrogens is 584 g/mol. The normalized spacial score (nSPS) is 16.9. The lowest BCUT2D eigenvalue weighted by Gasteiger charge is -2.34. The first kappa shape index (κ1) is 29.5. The van der Waals surface area contributed by atoms with Crippen LogP contribution in [-0.2, 0) is 9.53 Å². The van der Waals surface area contributed by atoms with Gasteiger partial charge in [-0.25, -0.2) is 14.3 Å². The van der Waals surface area contributed by atoms with Crippen LogP contribution in [0, 0.1) is 0 Å². The number of anilines is 2. The van der Waals surface area contributed by atoms with Crippen LogP contribution in [-0.4, -0.2) is 102 Å². The van der Waals surface area contributed by atoms with Gasteiger partial charge < -0.3 is 35.2 Å². The molecule has 0 aliphatic carbocycles. The lowest BCUT2D eigenvalue weighted by atomic mass is 10.0. The third kappa shape index (κ3) is 6.09. The largest absolute Gasteiger partial charge is 0.490 e. The number of nitrogen functional groups attached to an aromatic ring is 1. The van der Waals surface area contributed by atoms with Crippen LogP contribution in [0.5, 0.6) is 5.75 Å². The van der Waals surface area contributed by atoms with E-state index in [0.29, 0.717) is 45.9 Å². The number of rotatable bonds is 8. The lowest BCUT2D eigenvalue weighted by Crippen LogP contribution is -2.47. The van der Waals surface area contributed by atoms with Crippen molar-refractivity contribution in [1.29, 1.82) is 0 Å². The summed E-state index contributed by atoms with van der Waals surface area (Å²) >= 11 is 7.38. The standard InChI is InChI=1S/C27H33ClN8O5S/c1-16(37)34-8-6-17(13-34)19-11-20(23-25(29)30-15-31-36(19)23)35-7-4-5-18(14-35)32-26(38)24-21(12-22(28)42-24)41-10-9-33(2)27(39)40-3/h6,11-12,15,18H,4-5,7-10,13-14H2,1-3H3,(H,32,38)(H2,29,30,31)/t18-/m1/s1. The number of nitrogens with one attached hydrogen (secondary N) is 1. The zero-order chi connectivity index (χ0) is 30.0. The van der Waals surface area contributed by atoms with Gasteiger partial charge in [-0.2, -0.15) is 5.10 Å². The van der Waals surface area contributed by atoms with E-state index in [0.717, 1.165) is 47.7 Å². The maximum atomic E-state index is 13.3. The Morgan fingerprint density at radius 1 is 1.31 bits per heavy atom. The van der Waals surface area contributed by atoms with Gasteiger partial charge in [0.2, 0.25) is 5.91 Å². The van der Waals surface area contributed by atoms with Crippen molar-refractivity contribution in [2.24, 2.45) is 0 Å². The summed E-state index contributed by atoms with van der Waals surface area (Å²) in [7, 11) is 2.91. The Morgan fingerprint density at radius 3 is 2.86 bits per heavy atom. The van der Waals surface area contributed by atoms with Crippen molar-refractivity contribution >= 4 is 63.4 Å². The lowest BCUT2D eigenvalue weighted by molar-refractivity contribution is -0.127. The fourth-order valence-corrected chi connectivity index (χ4v) is 6.28. The van der Waals surface area contributed by atoms with Crippen LogP contribution in [0.3, 0.4) is 0 Å². The monoisotopic (exact) mass is 616 g/mol. The Bertz CT molecular complexity index is 1540. The molecule has 2 aliphatic heterocycles. The number of ether oxygens (including phenoxy) is 2. The summed E-state index contributed by atoms with van der Waals surface area (Å²) in [5.74, 6) is 0.458. The molecule has 15 heteroatoms. The Hall–Kier alpha value is -4.04. The van der Waals surface area contributed by atoms with Gasteiger partial charge in [0.1, 0.15) is 29.1 Å². The third-order valence-electron chi connectivity index (χ3n) is 7.40.